The average molecular weight is 202 g/mol. The van der Waals surface area contributed by atoms with Crippen LogP contribution in [0.2, 0.25) is 0 Å². The predicted molar refractivity (Wildman–Crippen MR) is 35.0 cm³/mol. The Morgan fingerprint density at radius 1 is 0.800 bits per heavy atom. The summed E-state index contributed by atoms with van der Waals surface area (Å²) in [7, 11) is 0. The normalized spacial score (nSPS) is 49.5. The quantitative estimate of drug-likeness (QED) is 0.448. The van der Waals surface area contributed by atoms with Crippen LogP contribution in [0.15, 0.2) is 0 Å². The standard InChI is InChI=1S/C6H9GeO3/c1-4(8-1)7(5-2-9-5)6-3-10-6/h4-6H,1-3H2. The molecular weight excluding hydrogens is 193 g/mol. The van der Waals surface area contributed by atoms with E-state index in [0.717, 1.165) is 19.8 Å². The van der Waals surface area contributed by atoms with E-state index in [1.165, 1.54) is 0 Å². The van der Waals surface area contributed by atoms with Crippen molar-refractivity contribution in [2.45, 2.75) is 14.8 Å². The second kappa shape index (κ2) is 1.97. The fourth-order valence-corrected chi connectivity index (χ4v) is 6.98. The summed E-state index contributed by atoms with van der Waals surface area (Å²) >= 11 is -1.06. The molecule has 3 nitrogen and oxygen atoms in total. The van der Waals surface area contributed by atoms with Gasteiger partial charge >= 0.3 is 63.2 Å². The van der Waals surface area contributed by atoms with Crippen LogP contribution in [0, 0.1) is 0 Å². The van der Waals surface area contributed by atoms with Crippen LogP contribution in [0.4, 0.5) is 0 Å². The van der Waals surface area contributed by atoms with E-state index in [2.05, 4.69) is 0 Å². The van der Waals surface area contributed by atoms with Crippen LogP contribution >= 0.6 is 0 Å². The molecule has 3 saturated heterocycles. The minimum atomic E-state index is -1.06. The molecule has 3 unspecified atom stereocenters. The molecule has 3 fully saturated rings. The van der Waals surface area contributed by atoms with Crippen LogP contribution in [0.5, 0.6) is 0 Å². The van der Waals surface area contributed by atoms with Gasteiger partial charge in [-0.3, -0.25) is 0 Å². The van der Waals surface area contributed by atoms with E-state index in [1.54, 1.807) is 0 Å². The first-order chi connectivity index (χ1) is 4.95. The molecular formula is C6H9GeO3. The van der Waals surface area contributed by atoms with Crippen molar-refractivity contribution in [1.82, 2.24) is 0 Å². The third kappa shape index (κ3) is 1.01. The number of hydrogen-bond donors (Lipinski definition) is 0. The Labute approximate surface area is 63.7 Å². The molecule has 55 valence electrons. The maximum atomic E-state index is 5.29. The summed E-state index contributed by atoms with van der Waals surface area (Å²) < 4.78 is 15.9. The van der Waals surface area contributed by atoms with Gasteiger partial charge in [-0.05, 0) is 0 Å². The summed E-state index contributed by atoms with van der Waals surface area (Å²) in [5.41, 5.74) is 0. The first-order valence-electron chi connectivity index (χ1n) is 3.66. The van der Waals surface area contributed by atoms with Gasteiger partial charge in [0.25, 0.3) is 0 Å². The Bertz CT molecular complexity index is 123. The molecule has 3 heterocycles. The molecule has 3 rings (SSSR count). The summed E-state index contributed by atoms with van der Waals surface area (Å²) in [5, 5.41) is 0. The van der Waals surface area contributed by atoms with E-state index in [9.17, 15) is 0 Å². The molecule has 4 heteroatoms. The summed E-state index contributed by atoms with van der Waals surface area (Å²) in [5.74, 6) is 0. The third-order valence-corrected chi connectivity index (χ3v) is 8.89. The van der Waals surface area contributed by atoms with E-state index in [-0.39, 0.29) is 0 Å². The second-order valence-electron chi connectivity index (χ2n) is 2.97. The number of hydrogen-bond acceptors (Lipinski definition) is 3. The molecule has 0 spiro atoms. The molecule has 0 aromatic carbocycles. The summed E-state index contributed by atoms with van der Waals surface area (Å²) in [6.45, 7) is 2.99. The number of ether oxygens (including phenoxy) is 3. The fourth-order valence-electron chi connectivity index (χ4n) is 1.34. The molecule has 0 N–H and O–H groups in total. The Morgan fingerprint density at radius 3 is 1.30 bits per heavy atom. The Kier molecular flexibility index (Phi) is 1.18. The van der Waals surface area contributed by atoms with Gasteiger partial charge in [0, 0.05) is 0 Å². The molecule has 0 aromatic heterocycles. The fraction of sp³-hybridized carbons (Fsp3) is 1.00. The molecule has 3 aliphatic rings. The van der Waals surface area contributed by atoms with Gasteiger partial charge in [0.1, 0.15) is 0 Å². The first kappa shape index (κ1) is 6.00. The molecule has 0 saturated carbocycles. The van der Waals surface area contributed by atoms with Gasteiger partial charge in [-0.15, -0.1) is 0 Å². The van der Waals surface area contributed by atoms with E-state index >= 15 is 0 Å². The van der Waals surface area contributed by atoms with Crippen molar-refractivity contribution in [3.8, 4) is 0 Å². The molecule has 0 aromatic rings. The molecule has 0 amide bonds. The number of rotatable bonds is 3. The van der Waals surface area contributed by atoms with Crippen LogP contribution in [-0.2, 0) is 14.2 Å². The molecule has 0 bridgehead atoms. The van der Waals surface area contributed by atoms with E-state index < -0.39 is 14.3 Å². The first-order valence-corrected chi connectivity index (χ1v) is 7.30. The molecule has 3 atom stereocenters. The van der Waals surface area contributed by atoms with Gasteiger partial charge in [-0.2, -0.15) is 0 Å². The zero-order chi connectivity index (χ0) is 6.55. The van der Waals surface area contributed by atoms with Crippen LogP contribution in [-0.4, -0.2) is 49.0 Å². The average Bonchev–Trinajstić information content (AvgIpc) is 2.78. The minimum absolute atomic E-state index is 0.625. The monoisotopic (exact) mass is 203 g/mol. The van der Waals surface area contributed by atoms with Gasteiger partial charge in [0.05, 0.1) is 0 Å². The third-order valence-electron chi connectivity index (χ3n) is 2.12. The summed E-state index contributed by atoms with van der Waals surface area (Å²) in [6.07, 6.45) is 0. The Balaban J connectivity index is 1.69. The molecule has 0 aliphatic carbocycles. The van der Waals surface area contributed by atoms with Gasteiger partial charge < -0.3 is 0 Å². The van der Waals surface area contributed by atoms with E-state index in [0.29, 0.717) is 14.8 Å². The SMILES string of the molecule is C1O[CH]1[Ge]([CH]1CO1)[CH]1CO1. The molecule has 1 radical (unpaired) electrons. The molecule has 3 aliphatic heterocycles. The van der Waals surface area contributed by atoms with Crippen LogP contribution < -0.4 is 0 Å². The van der Waals surface area contributed by atoms with Crippen LogP contribution in [0.3, 0.4) is 0 Å². The summed E-state index contributed by atoms with van der Waals surface area (Å²) in [6, 6.07) is 0. The second-order valence-corrected chi connectivity index (χ2v) is 9.12. The summed E-state index contributed by atoms with van der Waals surface area (Å²) in [4.78, 5) is 1.87. The molecule has 10 heavy (non-hydrogen) atoms. The number of epoxide rings is 3. The van der Waals surface area contributed by atoms with E-state index in [1.807, 2.05) is 0 Å². The van der Waals surface area contributed by atoms with Crippen molar-refractivity contribution in [3.05, 3.63) is 0 Å². The van der Waals surface area contributed by atoms with Crippen LogP contribution in [0.25, 0.3) is 0 Å². The Morgan fingerprint density at radius 2 is 1.10 bits per heavy atom. The van der Waals surface area contributed by atoms with Gasteiger partial charge in [-0.1, -0.05) is 0 Å². The Hall–Kier alpha value is 0.423. The maximum absolute atomic E-state index is 5.29. The van der Waals surface area contributed by atoms with Crippen molar-refractivity contribution in [2.75, 3.05) is 19.8 Å². The van der Waals surface area contributed by atoms with Gasteiger partial charge in [-0.25, -0.2) is 0 Å². The van der Waals surface area contributed by atoms with Gasteiger partial charge in [0.15, 0.2) is 0 Å². The van der Waals surface area contributed by atoms with Crippen molar-refractivity contribution < 1.29 is 14.2 Å². The predicted octanol–water partition coefficient (Wildman–Crippen LogP) is -0.705. The zero-order valence-corrected chi connectivity index (χ0v) is 7.68. The van der Waals surface area contributed by atoms with E-state index in [4.69, 9.17) is 14.2 Å². The van der Waals surface area contributed by atoms with Crippen molar-refractivity contribution in [3.63, 3.8) is 0 Å². The topological polar surface area (TPSA) is 37.6 Å². The van der Waals surface area contributed by atoms with Crippen molar-refractivity contribution in [1.29, 1.82) is 0 Å². The van der Waals surface area contributed by atoms with Crippen molar-refractivity contribution in [2.24, 2.45) is 0 Å². The van der Waals surface area contributed by atoms with Crippen molar-refractivity contribution >= 4 is 14.3 Å². The van der Waals surface area contributed by atoms with Gasteiger partial charge in [0.2, 0.25) is 0 Å². The van der Waals surface area contributed by atoms with Crippen LogP contribution in [0.1, 0.15) is 0 Å². The zero-order valence-electron chi connectivity index (χ0n) is 5.58.